The summed E-state index contributed by atoms with van der Waals surface area (Å²) in [5, 5.41) is 9.57. The standard InChI is InChI=1S/C27H54O5/c1-20(19-28)26(10,11)27(12,13)32-15-14-25(8,9)31-17-16-30-22(29)21(24(5,6)7)18-23(2,3)4/h20-21,28H,14-19H2,1-13H3. The summed E-state index contributed by atoms with van der Waals surface area (Å²) in [6, 6.07) is 0. The normalized spacial score (nSPS) is 16.1. The highest BCUT2D eigenvalue weighted by Crippen LogP contribution is 2.41. The number of ether oxygens (including phenoxy) is 3. The molecule has 0 fully saturated rings. The van der Waals surface area contributed by atoms with Crippen LogP contribution in [0.2, 0.25) is 0 Å². The molecule has 2 unspecified atom stereocenters. The molecule has 0 aromatic rings. The molecule has 0 bridgehead atoms. The molecule has 1 N–H and O–H groups in total. The number of hydrogen-bond donors (Lipinski definition) is 1. The molecule has 0 radical (unpaired) electrons. The van der Waals surface area contributed by atoms with E-state index in [4.69, 9.17) is 14.2 Å². The Balaban J connectivity index is 4.61. The van der Waals surface area contributed by atoms with Gasteiger partial charge in [0.15, 0.2) is 0 Å². The van der Waals surface area contributed by atoms with Gasteiger partial charge in [0.1, 0.15) is 6.61 Å². The Labute approximate surface area is 199 Å². The summed E-state index contributed by atoms with van der Waals surface area (Å²) in [6.45, 7) is 28.6. The smallest absolute Gasteiger partial charge is 0.309 e. The predicted octanol–water partition coefficient (Wildman–Crippen LogP) is 6.26. The van der Waals surface area contributed by atoms with E-state index in [-0.39, 0.29) is 58.5 Å². The Bertz CT molecular complexity index is 564. The maximum atomic E-state index is 12.7. The van der Waals surface area contributed by atoms with E-state index in [2.05, 4.69) is 69.2 Å². The fraction of sp³-hybridized carbons (Fsp3) is 0.963. The molecular weight excluding hydrogens is 404 g/mol. The van der Waals surface area contributed by atoms with Crippen molar-refractivity contribution < 1.29 is 24.1 Å². The first kappa shape index (κ1) is 31.4. The Morgan fingerprint density at radius 1 is 0.812 bits per heavy atom. The molecule has 192 valence electrons. The van der Waals surface area contributed by atoms with E-state index in [0.29, 0.717) is 13.2 Å². The van der Waals surface area contributed by atoms with Gasteiger partial charge in [-0.15, -0.1) is 0 Å². The molecule has 0 aromatic carbocycles. The molecule has 0 amide bonds. The minimum absolute atomic E-state index is 0.0623. The van der Waals surface area contributed by atoms with Crippen molar-refractivity contribution in [3.63, 3.8) is 0 Å². The van der Waals surface area contributed by atoms with Gasteiger partial charge >= 0.3 is 5.97 Å². The first-order valence-corrected chi connectivity index (χ1v) is 12.2. The van der Waals surface area contributed by atoms with Gasteiger partial charge in [-0.2, -0.15) is 0 Å². The van der Waals surface area contributed by atoms with Crippen molar-refractivity contribution in [2.45, 2.75) is 114 Å². The molecule has 0 saturated heterocycles. The van der Waals surface area contributed by atoms with Crippen molar-refractivity contribution in [3.05, 3.63) is 0 Å². The average Bonchev–Trinajstić information content (AvgIpc) is 2.60. The molecule has 0 saturated carbocycles. The van der Waals surface area contributed by atoms with Gasteiger partial charge in [-0.25, -0.2) is 0 Å². The molecule has 0 aliphatic heterocycles. The number of carbonyl (C=O) groups is 1. The van der Waals surface area contributed by atoms with Gasteiger partial charge in [0, 0.05) is 6.61 Å². The van der Waals surface area contributed by atoms with E-state index in [1.807, 2.05) is 20.8 Å². The zero-order chi connectivity index (χ0) is 25.6. The lowest BCUT2D eigenvalue weighted by Gasteiger charge is -2.45. The summed E-state index contributed by atoms with van der Waals surface area (Å²) in [5.74, 6) is -0.151. The summed E-state index contributed by atoms with van der Waals surface area (Å²) < 4.78 is 17.8. The fourth-order valence-electron chi connectivity index (χ4n) is 3.55. The molecule has 5 nitrogen and oxygen atoms in total. The van der Waals surface area contributed by atoms with E-state index < -0.39 is 0 Å². The molecule has 5 heteroatoms. The first-order chi connectivity index (χ1) is 14.2. The Morgan fingerprint density at radius 2 is 1.34 bits per heavy atom. The van der Waals surface area contributed by atoms with Crippen molar-refractivity contribution >= 4 is 5.97 Å². The van der Waals surface area contributed by atoms with Crippen LogP contribution in [0.5, 0.6) is 0 Å². The third-order valence-electron chi connectivity index (χ3n) is 7.19. The van der Waals surface area contributed by atoms with Gasteiger partial charge < -0.3 is 19.3 Å². The zero-order valence-corrected chi connectivity index (χ0v) is 23.5. The van der Waals surface area contributed by atoms with Gasteiger partial charge in [-0.1, -0.05) is 62.3 Å². The lowest BCUT2D eigenvalue weighted by atomic mass is 9.68. The molecule has 0 aliphatic rings. The molecule has 0 aromatic heterocycles. The Kier molecular flexibility index (Phi) is 11.4. The molecular formula is C27H54O5. The molecule has 0 heterocycles. The topological polar surface area (TPSA) is 65.0 Å². The molecule has 2 atom stereocenters. The Morgan fingerprint density at radius 3 is 1.78 bits per heavy atom. The predicted molar refractivity (Wildman–Crippen MR) is 133 cm³/mol. The second kappa shape index (κ2) is 11.7. The minimum atomic E-state index is -0.385. The number of carbonyl (C=O) groups excluding carboxylic acids is 1. The van der Waals surface area contributed by atoms with E-state index in [1.165, 1.54) is 0 Å². The number of esters is 1. The molecule has 0 spiro atoms. The number of hydrogen-bond acceptors (Lipinski definition) is 5. The second-order valence-electron chi connectivity index (χ2n) is 13.4. The van der Waals surface area contributed by atoms with Gasteiger partial charge in [0.25, 0.3) is 0 Å². The number of aliphatic hydroxyl groups is 1. The lowest BCUT2D eigenvalue weighted by molar-refractivity contribution is -0.159. The van der Waals surface area contributed by atoms with E-state index >= 15 is 0 Å². The molecule has 32 heavy (non-hydrogen) atoms. The van der Waals surface area contributed by atoms with E-state index in [0.717, 1.165) is 12.8 Å². The maximum Gasteiger partial charge on any atom is 0.309 e. The van der Waals surface area contributed by atoms with Crippen LogP contribution in [-0.4, -0.2) is 48.7 Å². The van der Waals surface area contributed by atoms with Crippen molar-refractivity contribution in [1.29, 1.82) is 0 Å². The quantitative estimate of drug-likeness (QED) is 0.260. The summed E-state index contributed by atoms with van der Waals surface area (Å²) >= 11 is 0. The maximum absolute atomic E-state index is 12.7. The summed E-state index contributed by atoms with van der Waals surface area (Å²) in [7, 11) is 0. The highest BCUT2D eigenvalue weighted by Gasteiger charge is 2.42. The van der Waals surface area contributed by atoms with E-state index in [9.17, 15) is 9.90 Å². The van der Waals surface area contributed by atoms with Crippen LogP contribution >= 0.6 is 0 Å². The van der Waals surface area contributed by atoms with Crippen LogP contribution in [0, 0.1) is 28.1 Å². The van der Waals surface area contributed by atoms with Gasteiger partial charge in [0.2, 0.25) is 0 Å². The Hall–Kier alpha value is -0.650. The van der Waals surface area contributed by atoms with Crippen LogP contribution < -0.4 is 0 Å². The molecule has 0 rings (SSSR count). The van der Waals surface area contributed by atoms with Gasteiger partial charge in [-0.3, -0.25) is 4.79 Å². The van der Waals surface area contributed by atoms with Crippen LogP contribution in [0.4, 0.5) is 0 Å². The van der Waals surface area contributed by atoms with Crippen LogP contribution in [-0.2, 0) is 19.0 Å². The highest BCUT2D eigenvalue weighted by atomic mass is 16.6. The SMILES string of the molecule is CC(CO)C(C)(C)C(C)(C)OCCC(C)(C)OCCOC(=O)C(CC(C)(C)C)C(C)(C)C. The van der Waals surface area contributed by atoms with Gasteiger partial charge in [0.05, 0.1) is 30.3 Å². The average molecular weight is 459 g/mol. The second-order valence-corrected chi connectivity index (χ2v) is 13.4. The summed E-state index contributed by atoms with van der Waals surface area (Å²) in [6.07, 6.45) is 1.52. The van der Waals surface area contributed by atoms with Gasteiger partial charge in [-0.05, 0) is 62.7 Å². The molecule has 0 aliphatic carbocycles. The van der Waals surface area contributed by atoms with Crippen LogP contribution in [0.3, 0.4) is 0 Å². The number of rotatable bonds is 13. The van der Waals surface area contributed by atoms with Crippen molar-refractivity contribution in [3.8, 4) is 0 Å². The summed E-state index contributed by atoms with van der Waals surface area (Å²) in [5.41, 5.74) is -1.01. The third kappa shape index (κ3) is 10.5. The largest absolute Gasteiger partial charge is 0.463 e. The monoisotopic (exact) mass is 458 g/mol. The number of aliphatic hydroxyl groups excluding tert-OH is 1. The van der Waals surface area contributed by atoms with Crippen LogP contribution in [0.1, 0.15) is 103 Å². The van der Waals surface area contributed by atoms with Crippen molar-refractivity contribution in [2.75, 3.05) is 26.4 Å². The van der Waals surface area contributed by atoms with Crippen LogP contribution in [0.25, 0.3) is 0 Å². The minimum Gasteiger partial charge on any atom is -0.463 e. The fourth-order valence-corrected chi connectivity index (χ4v) is 3.55. The highest BCUT2D eigenvalue weighted by molar-refractivity contribution is 5.73. The lowest BCUT2D eigenvalue weighted by Crippen LogP contribution is -2.47. The van der Waals surface area contributed by atoms with E-state index in [1.54, 1.807) is 0 Å². The van der Waals surface area contributed by atoms with Crippen LogP contribution in [0.15, 0.2) is 0 Å². The van der Waals surface area contributed by atoms with Crippen molar-refractivity contribution in [1.82, 2.24) is 0 Å². The third-order valence-corrected chi connectivity index (χ3v) is 7.19. The zero-order valence-electron chi connectivity index (χ0n) is 23.5. The first-order valence-electron chi connectivity index (χ1n) is 12.2. The summed E-state index contributed by atoms with van der Waals surface area (Å²) in [4.78, 5) is 12.7. The van der Waals surface area contributed by atoms with Crippen molar-refractivity contribution in [2.24, 2.45) is 28.1 Å².